The highest BCUT2D eigenvalue weighted by Gasteiger charge is 2.10. The fraction of sp³-hybridized carbons (Fsp3) is 0.385. The van der Waals surface area contributed by atoms with E-state index in [1.54, 1.807) is 12.1 Å². The molecule has 0 bridgehead atoms. The Kier molecular flexibility index (Phi) is 11.5. The van der Waals surface area contributed by atoms with Gasteiger partial charge in [0, 0.05) is 12.1 Å². The van der Waals surface area contributed by atoms with Crippen LogP contribution in [0.5, 0.6) is 11.5 Å². The van der Waals surface area contributed by atoms with Crippen molar-refractivity contribution < 1.29 is 9.47 Å². The van der Waals surface area contributed by atoms with Crippen molar-refractivity contribution >= 4 is 58.8 Å². The van der Waals surface area contributed by atoms with Gasteiger partial charge in [-0.1, -0.05) is 46.4 Å². The van der Waals surface area contributed by atoms with E-state index in [9.17, 15) is 0 Å². The largest absolute Gasteiger partial charge is 0.490 e. The predicted octanol–water partition coefficient (Wildman–Crippen LogP) is 5.23. The van der Waals surface area contributed by atoms with E-state index in [-0.39, 0.29) is 23.5 Å². The number of unbranched alkanes of at least 4 members (excludes halogenated alkanes) is 1. The minimum atomic E-state index is 0. The van der Waals surface area contributed by atoms with E-state index >= 15 is 0 Å². The van der Waals surface area contributed by atoms with E-state index in [0.29, 0.717) is 34.7 Å². The summed E-state index contributed by atoms with van der Waals surface area (Å²) in [4.78, 5) is 0. The first-order chi connectivity index (χ1) is 9.54. The topological polar surface area (TPSA) is 44.5 Å². The van der Waals surface area contributed by atoms with Gasteiger partial charge in [-0.3, -0.25) is 0 Å². The number of ether oxygens (including phenoxy) is 2. The van der Waals surface area contributed by atoms with E-state index in [0.717, 1.165) is 12.8 Å². The molecule has 2 N–H and O–H groups in total. The Morgan fingerprint density at radius 2 is 1.71 bits per heavy atom. The highest BCUT2D eigenvalue weighted by Crippen LogP contribution is 2.37. The Balaban J connectivity index is 0.00000400. The molecule has 3 nitrogen and oxygen atoms in total. The van der Waals surface area contributed by atoms with Gasteiger partial charge in [0.05, 0.1) is 16.7 Å². The van der Waals surface area contributed by atoms with E-state index in [1.807, 2.05) is 0 Å². The number of hydrogen-bond donors (Lipinski definition) is 1. The zero-order valence-electron chi connectivity index (χ0n) is 11.1. The van der Waals surface area contributed by atoms with Crippen LogP contribution in [0.15, 0.2) is 22.7 Å². The molecule has 1 aromatic rings. The molecule has 1 rings (SSSR count). The number of halogens is 5. The Labute approximate surface area is 150 Å². The summed E-state index contributed by atoms with van der Waals surface area (Å²) in [6.07, 6.45) is 3.25. The quantitative estimate of drug-likeness (QED) is 0.613. The lowest BCUT2D eigenvalue weighted by Crippen LogP contribution is -2.04. The van der Waals surface area contributed by atoms with Crippen LogP contribution in [0.1, 0.15) is 12.8 Å². The third kappa shape index (κ3) is 8.24. The molecule has 0 aliphatic rings. The molecule has 0 heterocycles. The summed E-state index contributed by atoms with van der Waals surface area (Å²) in [6, 6.07) is 3.25. The van der Waals surface area contributed by atoms with Crippen LogP contribution in [0.3, 0.4) is 0 Å². The molecule has 0 unspecified atom stereocenters. The van der Waals surface area contributed by atoms with Crippen molar-refractivity contribution in [1.82, 2.24) is 0 Å². The zero-order valence-corrected chi connectivity index (χ0v) is 14.9. The minimum absolute atomic E-state index is 0. The van der Waals surface area contributed by atoms with E-state index < -0.39 is 0 Å². The second-order valence-corrected chi connectivity index (χ2v) is 5.69. The van der Waals surface area contributed by atoms with E-state index in [4.69, 9.17) is 61.6 Å². The van der Waals surface area contributed by atoms with Gasteiger partial charge in [0.1, 0.15) is 16.8 Å². The molecule has 0 aliphatic heterocycles. The third-order valence-corrected chi connectivity index (χ3v) is 3.17. The average Bonchev–Trinajstić information content (AvgIpc) is 2.36. The maximum absolute atomic E-state index is 6.11. The van der Waals surface area contributed by atoms with Crippen LogP contribution in [0, 0.1) is 0 Å². The van der Waals surface area contributed by atoms with Gasteiger partial charge in [0.2, 0.25) is 0 Å². The van der Waals surface area contributed by atoms with Crippen LogP contribution < -0.4 is 15.2 Å². The minimum Gasteiger partial charge on any atom is -0.490 e. The maximum atomic E-state index is 6.11. The van der Waals surface area contributed by atoms with Gasteiger partial charge in [0.25, 0.3) is 0 Å². The van der Waals surface area contributed by atoms with E-state index in [1.165, 1.54) is 6.08 Å². The normalized spacial score (nSPS) is 9.76. The molecule has 0 atom stereocenters. The van der Waals surface area contributed by atoms with Crippen molar-refractivity contribution in [3.05, 3.63) is 32.7 Å². The van der Waals surface area contributed by atoms with Gasteiger partial charge in [-0.25, -0.2) is 0 Å². The summed E-state index contributed by atoms with van der Waals surface area (Å²) in [5, 5.41) is 0.780. The van der Waals surface area contributed by atoms with Crippen LogP contribution in [0.4, 0.5) is 0 Å². The van der Waals surface area contributed by atoms with Crippen LogP contribution >= 0.6 is 58.8 Å². The molecule has 1 aromatic carbocycles. The SMILES string of the molecule is Cl.NCCCCOc1c(Cl)cc(OCC=C(Cl)Cl)cc1Cl. The Morgan fingerprint density at radius 1 is 1.10 bits per heavy atom. The highest BCUT2D eigenvalue weighted by molar-refractivity contribution is 6.55. The fourth-order valence-corrected chi connectivity index (χ4v) is 2.08. The molecule has 0 aromatic heterocycles. The predicted molar refractivity (Wildman–Crippen MR) is 92.8 cm³/mol. The molecular weight excluding hydrogens is 379 g/mol. The first kappa shape index (κ1) is 21.0. The molecular formula is C13H16Cl5NO2. The van der Waals surface area contributed by atoms with Gasteiger partial charge < -0.3 is 15.2 Å². The van der Waals surface area contributed by atoms with Crippen molar-refractivity contribution in [2.24, 2.45) is 5.73 Å². The average molecular weight is 396 g/mol. The summed E-state index contributed by atoms with van der Waals surface area (Å²) >= 11 is 23.2. The van der Waals surface area contributed by atoms with Gasteiger partial charge in [0.15, 0.2) is 5.75 Å². The van der Waals surface area contributed by atoms with Crippen molar-refractivity contribution in [2.45, 2.75) is 12.8 Å². The third-order valence-electron chi connectivity index (χ3n) is 2.30. The first-order valence-corrected chi connectivity index (χ1v) is 7.51. The molecule has 120 valence electrons. The van der Waals surface area contributed by atoms with Crippen LogP contribution in [-0.2, 0) is 0 Å². The first-order valence-electron chi connectivity index (χ1n) is 6.00. The summed E-state index contributed by atoms with van der Waals surface area (Å²) in [6.45, 7) is 1.38. The second-order valence-electron chi connectivity index (χ2n) is 3.87. The summed E-state index contributed by atoms with van der Waals surface area (Å²) in [5.74, 6) is 0.962. The fourth-order valence-electron chi connectivity index (χ4n) is 1.38. The second kappa shape index (κ2) is 11.5. The molecule has 0 saturated carbocycles. The molecule has 0 spiro atoms. The number of nitrogens with two attached hydrogens (primary N) is 1. The molecule has 8 heteroatoms. The van der Waals surface area contributed by atoms with Crippen molar-refractivity contribution in [2.75, 3.05) is 19.8 Å². The number of hydrogen-bond acceptors (Lipinski definition) is 3. The van der Waals surface area contributed by atoms with Crippen molar-refractivity contribution in [1.29, 1.82) is 0 Å². The summed E-state index contributed by atoms with van der Waals surface area (Å²) in [7, 11) is 0. The molecule has 0 radical (unpaired) electrons. The molecule has 21 heavy (non-hydrogen) atoms. The monoisotopic (exact) mass is 393 g/mol. The standard InChI is InChI=1S/C13H15Cl4NO2.ClH/c14-10-7-9(19-6-3-12(16)17)8-11(15)13(10)20-5-2-1-4-18;/h3,7-8H,1-2,4-6,18H2;1H. The lowest BCUT2D eigenvalue weighted by Gasteiger charge is -2.12. The van der Waals surface area contributed by atoms with Gasteiger partial charge in [-0.15, -0.1) is 12.4 Å². The lowest BCUT2D eigenvalue weighted by atomic mass is 10.3. The number of rotatable bonds is 8. The molecule has 0 amide bonds. The highest BCUT2D eigenvalue weighted by atomic mass is 35.5. The molecule has 0 saturated heterocycles. The van der Waals surface area contributed by atoms with Gasteiger partial charge >= 0.3 is 0 Å². The Morgan fingerprint density at radius 3 is 2.24 bits per heavy atom. The maximum Gasteiger partial charge on any atom is 0.156 e. The van der Waals surface area contributed by atoms with Crippen LogP contribution in [0.25, 0.3) is 0 Å². The van der Waals surface area contributed by atoms with Gasteiger partial charge in [-0.2, -0.15) is 0 Å². The van der Waals surface area contributed by atoms with Gasteiger partial charge in [-0.05, 0) is 25.5 Å². The van der Waals surface area contributed by atoms with Crippen molar-refractivity contribution in [3.8, 4) is 11.5 Å². The zero-order chi connectivity index (χ0) is 15.0. The van der Waals surface area contributed by atoms with Crippen LogP contribution in [0.2, 0.25) is 10.0 Å². The Bertz CT molecular complexity index is 441. The van der Waals surface area contributed by atoms with Crippen LogP contribution in [-0.4, -0.2) is 19.8 Å². The molecule has 0 aliphatic carbocycles. The summed E-state index contributed by atoms with van der Waals surface area (Å²) in [5.41, 5.74) is 5.41. The molecule has 0 fully saturated rings. The van der Waals surface area contributed by atoms with E-state index in [2.05, 4.69) is 0 Å². The smallest absolute Gasteiger partial charge is 0.156 e. The Hall–Kier alpha value is -0.0300. The van der Waals surface area contributed by atoms with Crippen molar-refractivity contribution in [3.63, 3.8) is 0 Å². The lowest BCUT2D eigenvalue weighted by molar-refractivity contribution is 0.307. The number of benzene rings is 1. The summed E-state index contributed by atoms with van der Waals surface area (Å²) < 4.78 is 11.1.